The number of Topliss-reactive ketones (excluding diaryl/α,β-unsaturated/α-hetero) is 1. The van der Waals surface area contributed by atoms with E-state index in [4.69, 9.17) is 0 Å². The molecule has 5 heteroatoms. The molecule has 0 atom stereocenters. The molecule has 5 nitrogen and oxygen atoms in total. The zero-order valence-electron chi connectivity index (χ0n) is 15.7. The van der Waals surface area contributed by atoms with E-state index in [1.54, 1.807) is 55.6 Å². The smallest absolute Gasteiger partial charge is 0.258 e. The van der Waals surface area contributed by atoms with Crippen LogP contribution in [0.2, 0.25) is 0 Å². The van der Waals surface area contributed by atoms with E-state index in [2.05, 4.69) is 5.32 Å². The van der Waals surface area contributed by atoms with Gasteiger partial charge in [0.1, 0.15) is 0 Å². The van der Waals surface area contributed by atoms with Gasteiger partial charge in [0.25, 0.3) is 11.8 Å². The number of carbonyl (C=O) groups excluding carboxylic acids is 3. The monoisotopic (exact) mass is 372 g/mol. The molecule has 0 fully saturated rings. The van der Waals surface area contributed by atoms with Gasteiger partial charge in [0.05, 0.1) is 0 Å². The van der Waals surface area contributed by atoms with Gasteiger partial charge in [-0.2, -0.15) is 0 Å². The fourth-order valence-electron chi connectivity index (χ4n) is 2.78. The first kappa shape index (κ1) is 19.0. The van der Waals surface area contributed by atoms with Crippen molar-refractivity contribution in [2.45, 2.75) is 6.92 Å². The van der Waals surface area contributed by atoms with Crippen LogP contribution in [-0.2, 0) is 0 Å². The van der Waals surface area contributed by atoms with E-state index >= 15 is 0 Å². The Hall–Kier alpha value is -3.73. The molecular formula is C23H20N2O3. The number of rotatable bonds is 5. The first-order chi connectivity index (χ1) is 13.5. The lowest BCUT2D eigenvalue weighted by atomic mass is 10.1. The number of amides is 2. The van der Waals surface area contributed by atoms with Gasteiger partial charge >= 0.3 is 0 Å². The zero-order valence-corrected chi connectivity index (χ0v) is 15.7. The van der Waals surface area contributed by atoms with Crippen LogP contribution in [0.25, 0.3) is 0 Å². The molecule has 0 spiro atoms. The van der Waals surface area contributed by atoms with Gasteiger partial charge in [0.2, 0.25) is 0 Å². The molecule has 2 amide bonds. The van der Waals surface area contributed by atoms with Crippen molar-refractivity contribution in [3.63, 3.8) is 0 Å². The van der Waals surface area contributed by atoms with E-state index in [0.29, 0.717) is 22.4 Å². The highest BCUT2D eigenvalue weighted by atomic mass is 16.2. The number of ketones is 1. The summed E-state index contributed by atoms with van der Waals surface area (Å²) in [4.78, 5) is 38.4. The molecule has 28 heavy (non-hydrogen) atoms. The minimum absolute atomic E-state index is 0.0763. The SMILES string of the molecule is CC(=O)c1cccc(NC(=O)c2cccc(C(=O)N(C)c3ccccc3)c2)c1. The Balaban J connectivity index is 1.79. The van der Waals surface area contributed by atoms with E-state index < -0.39 is 0 Å². The van der Waals surface area contributed by atoms with Gasteiger partial charge in [-0.3, -0.25) is 14.4 Å². The van der Waals surface area contributed by atoms with Crippen molar-refractivity contribution in [1.82, 2.24) is 0 Å². The first-order valence-corrected chi connectivity index (χ1v) is 8.81. The van der Waals surface area contributed by atoms with Gasteiger partial charge < -0.3 is 10.2 Å². The highest BCUT2D eigenvalue weighted by Gasteiger charge is 2.15. The molecule has 3 rings (SSSR count). The average Bonchev–Trinajstić information content (AvgIpc) is 2.73. The maximum Gasteiger partial charge on any atom is 0.258 e. The van der Waals surface area contributed by atoms with Crippen LogP contribution in [0.3, 0.4) is 0 Å². The van der Waals surface area contributed by atoms with Crippen molar-refractivity contribution < 1.29 is 14.4 Å². The Morgan fingerprint density at radius 1 is 0.750 bits per heavy atom. The molecule has 3 aromatic rings. The molecule has 0 radical (unpaired) electrons. The Morgan fingerprint density at radius 3 is 2.11 bits per heavy atom. The predicted octanol–water partition coefficient (Wildman–Crippen LogP) is 4.42. The Morgan fingerprint density at radius 2 is 1.39 bits per heavy atom. The summed E-state index contributed by atoms with van der Waals surface area (Å²) in [6.07, 6.45) is 0. The summed E-state index contributed by atoms with van der Waals surface area (Å²) in [5, 5.41) is 2.76. The molecule has 0 saturated heterocycles. The minimum Gasteiger partial charge on any atom is -0.322 e. The largest absolute Gasteiger partial charge is 0.322 e. The number of anilines is 2. The number of para-hydroxylation sites is 1. The molecular weight excluding hydrogens is 352 g/mol. The van der Waals surface area contributed by atoms with Crippen molar-refractivity contribution in [2.75, 3.05) is 17.3 Å². The summed E-state index contributed by atoms with van der Waals surface area (Å²) in [5.74, 6) is -0.634. The van der Waals surface area contributed by atoms with Gasteiger partial charge in [-0.05, 0) is 49.4 Å². The van der Waals surface area contributed by atoms with E-state index in [1.165, 1.54) is 11.8 Å². The fourth-order valence-corrected chi connectivity index (χ4v) is 2.78. The number of nitrogens with zero attached hydrogens (tertiary/aromatic N) is 1. The average molecular weight is 372 g/mol. The molecule has 0 aliphatic carbocycles. The summed E-state index contributed by atoms with van der Waals surface area (Å²) >= 11 is 0. The maximum absolute atomic E-state index is 12.8. The summed E-state index contributed by atoms with van der Waals surface area (Å²) < 4.78 is 0. The molecule has 3 aromatic carbocycles. The third kappa shape index (κ3) is 4.32. The van der Waals surface area contributed by atoms with Gasteiger partial charge in [-0.1, -0.05) is 36.4 Å². The standard InChI is InChI=1S/C23H20N2O3/c1-16(26)17-8-7-11-20(15-17)24-22(27)18-9-6-10-19(14-18)23(28)25(2)21-12-4-3-5-13-21/h3-15H,1-2H3,(H,24,27). The number of hydrogen-bond donors (Lipinski definition) is 1. The predicted molar refractivity (Wildman–Crippen MR) is 110 cm³/mol. The Labute approximate surface area is 163 Å². The number of benzene rings is 3. The van der Waals surface area contributed by atoms with Crippen molar-refractivity contribution in [3.8, 4) is 0 Å². The van der Waals surface area contributed by atoms with E-state index in [0.717, 1.165) is 5.69 Å². The van der Waals surface area contributed by atoms with Crippen molar-refractivity contribution in [1.29, 1.82) is 0 Å². The zero-order chi connectivity index (χ0) is 20.1. The van der Waals surface area contributed by atoms with Gasteiger partial charge in [0, 0.05) is 35.1 Å². The summed E-state index contributed by atoms with van der Waals surface area (Å²) in [7, 11) is 1.69. The molecule has 0 bridgehead atoms. The number of nitrogens with one attached hydrogen (secondary N) is 1. The van der Waals surface area contributed by atoms with Crippen LogP contribution in [-0.4, -0.2) is 24.6 Å². The van der Waals surface area contributed by atoms with E-state index in [1.807, 2.05) is 30.3 Å². The first-order valence-electron chi connectivity index (χ1n) is 8.81. The van der Waals surface area contributed by atoms with Crippen LogP contribution in [0, 0.1) is 0 Å². The molecule has 1 N–H and O–H groups in total. The van der Waals surface area contributed by atoms with Crippen LogP contribution in [0.4, 0.5) is 11.4 Å². The Kier molecular flexibility index (Phi) is 5.65. The highest BCUT2D eigenvalue weighted by molar-refractivity contribution is 6.09. The van der Waals surface area contributed by atoms with Crippen molar-refractivity contribution >= 4 is 29.0 Å². The molecule has 0 saturated carbocycles. The van der Waals surface area contributed by atoms with E-state index in [9.17, 15) is 14.4 Å². The lowest BCUT2D eigenvalue weighted by Gasteiger charge is -2.17. The van der Waals surface area contributed by atoms with Crippen LogP contribution in [0.15, 0.2) is 78.9 Å². The van der Waals surface area contributed by atoms with Gasteiger partial charge in [0.15, 0.2) is 5.78 Å². The normalized spacial score (nSPS) is 10.2. The van der Waals surface area contributed by atoms with Crippen LogP contribution in [0.1, 0.15) is 38.0 Å². The maximum atomic E-state index is 12.8. The summed E-state index contributed by atoms with van der Waals surface area (Å²) in [5.41, 5.74) is 2.59. The molecule has 0 aliphatic heterocycles. The highest BCUT2D eigenvalue weighted by Crippen LogP contribution is 2.17. The Bertz CT molecular complexity index is 1030. The molecule has 0 heterocycles. The number of hydrogen-bond acceptors (Lipinski definition) is 3. The van der Waals surface area contributed by atoms with Gasteiger partial charge in [-0.25, -0.2) is 0 Å². The molecule has 0 unspecified atom stereocenters. The molecule has 0 aromatic heterocycles. The minimum atomic E-state index is -0.349. The summed E-state index contributed by atoms with van der Waals surface area (Å²) in [6.45, 7) is 1.47. The summed E-state index contributed by atoms with van der Waals surface area (Å²) in [6, 6.07) is 22.6. The third-order valence-electron chi connectivity index (χ3n) is 4.35. The second-order valence-corrected chi connectivity index (χ2v) is 6.37. The van der Waals surface area contributed by atoms with Crippen LogP contribution >= 0.6 is 0 Å². The molecule has 140 valence electrons. The number of carbonyl (C=O) groups is 3. The lowest BCUT2D eigenvalue weighted by molar-refractivity contribution is 0.0990. The fraction of sp³-hybridized carbons (Fsp3) is 0.0870. The second kappa shape index (κ2) is 8.31. The quantitative estimate of drug-likeness (QED) is 0.674. The van der Waals surface area contributed by atoms with E-state index in [-0.39, 0.29) is 17.6 Å². The van der Waals surface area contributed by atoms with Crippen LogP contribution in [0.5, 0.6) is 0 Å². The van der Waals surface area contributed by atoms with Crippen molar-refractivity contribution in [3.05, 3.63) is 95.6 Å². The second-order valence-electron chi connectivity index (χ2n) is 6.37. The molecule has 0 aliphatic rings. The third-order valence-corrected chi connectivity index (χ3v) is 4.35. The lowest BCUT2D eigenvalue weighted by Crippen LogP contribution is -2.26. The topological polar surface area (TPSA) is 66.5 Å². The van der Waals surface area contributed by atoms with Gasteiger partial charge in [-0.15, -0.1) is 0 Å². The van der Waals surface area contributed by atoms with Crippen molar-refractivity contribution in [2.24, 2.45) is 0 Å². The van der Waals surface area contributed by atoms with Crippen LogP contribution < -0.4 is 10.2 Å².